The van der Waals surface area contributed by atoms with Gasteiger partial charge in [-0.15, -0.1) is 0 Å². The third-order valence-corrected chi connectivity index (χ3v) is 4.25. The second kappa shape index (κ2) is 5.19. The van der Waals surface area contributed by atoms with Crippen molar-refractivity contribution in [1.29, 1.82) is 0 Å². The van der Waals surface area contributed by atoms with Gasteiger partial charge in [-0.2, -0.15) is 5.10 Å². The largest absolute Gasteiger partial charge is 0.504 e. The molecule has 2 aromatic rings. The van der Waals surface area contributed by atoms with Crippen LogP contribution in [-0.2, 0) is 12.8 Å². The zero-order chi connectivity index (χ0) is 14.1. The number of aryl methyl sites for hydroxylation is 1. The van der Waals surface area contributed by atoms with Crippen molar-refractivity contribution in [2.24, 2.45) is 0 Å². The zero-order valence-electron chi connectivity index (χ0n) is 11.7. The van der Waals surface area contributed by atoms with Crippen molar-refractivity contribution in [3.05, 3.63) is 40.7 Å². The summed E-state index contributed by atoms with van der Waals surface area (Å²) < 4.78 is 0. The number of rotatable bonds is 2. The van der Waals surface area contributed by atoms with Gasteiger partial charge in [-0.05, 0) is 48.9 Å². The van der Waals surface area contributed by atoms with Gasteiger partial charge < -0.3 is 10.2 Å². The lowest BCUT2D eigenvalue weighted by molar-refractivity contribution is 0.403. The van der Waals surface area contributed by atoms with Crippen LogP contribution >= 0.6 is 0 Å². The van der Waals surface area contributed by atoms with Crippen LogP contribution in [0.2, 0.25) is 0 Å². The normalized spacial score (nSPS) is 16.4. The lowest BCUT2D eigenvalue weighted by atomic mass is 9.92. The molecule has 1 atom stereocenters. The molecule has 0 saturated carbocycles. The number of phenols is 2. The van der Waals surface area contributed by atoms with Crippen LogP contribution in [0.3, 0.4) is 0 Å². The summed E-state index contributed by atoms with van der Waals surface area (Å²) >= 11 is 0. The van der Waals surface area contributed by atoms with Crippen molar-refractivity contribution < 1.29 is 10.2 Å². The molecule has 0 bridgehead atoms. The lowest BCUT2D eigenvalue weighted by Crippen LogP contribution is -2.01. The molecule has 0 radical (unpaired) electrons. The molecule has 0 saturated heterocycles. The van der Waals surface area contributed by atoms with Gasteiger partial charge in [-0.1, -0.05) is 19.4 Å². The highest BCUT2D eigenvalue weighted by atomic mass is 16.3. The molecule has 1 aromatic carbocycles. The Hall–Kier alpha value is -1.97. The number of nitrogens with zero attached hydrogens (tertiary/aromatic N) is 1. The number of H-pyrrole nitrogens is 1. The Kier molecular flexibility index (Phi) is 3.38. The van der Waals surface area contributed by atoms with Crippen molar-refractivity contribution >= 4 is 0 Å². The summed E-state index contributed by atoms with van der Waals surface area (Å²) in [6.45, 7) is 2.09. The minimum Gasteiger partial charge on any atom is -0.504 e. The number of aromatic nitrogens is 2. The maximum absolute atomic E-state index is 9.65. The number of hydrogen-bond donors (Lipinski definition) is 3. The molecular formula is C16H20N2O2. The summed E-state index contributed by atoms with van der Waals surface area (Å²) in [7, 11) is 0. The monoisotopic (exact) mass is 272 g/mol. The van der Waals surface area contributed by atoms with Crippen LogP contribution in [0, 0.1) is 0 Å². The molecule has 0 aliphatic heterocycles. The SMILES string of the molecule is CC(c1ccc(O)c(O)c1)c1n[nH]c2c1CCCCC2. The van der Waals surface area contributed by atoms with E-state index in [1.54, 1.807) is 6.07 Å². The predicted octanol–water partition coefficient (Wildman–Crippen LogP) is 3.24. The number of aromatic amines is 1. The van der Waals surface area contributed by atoms with Crippen LogP contribution in [-0.4, -0.2) is 20.4 Å². The second-order valence-electron chi connectivity index (χ2n) is 5.60. The molecule has 1 unspecified atom stereocenters. The molecule has 1 aromatic heterocycles. The number of phenolic OH excluding ortho intramolecular Hbond substituents is 2. The quantitative estimate of drug-likeness (QED) is 0.580. The van der Waals surface area contributed by atoms with Crippen molar-refractivity contribution in [1.82, 2.24) is 10.2 Å². The first kappa shape index (κ1) is 13.0. The van der Waals surface area contributed by atoms with Gasteiger partial charge >= 0.3 is 0 Å². The van der Waals surface area contributed by atoms with Gasteiger partial charge in [0.2, 0.25) is 0 Å². The Bertz CT molecular complexity index is 619. The summed E-state index contributed by atoms with van der Waals surface area (Å²) in [6.07, 6.45) is 5.87. The first-order valence-electron chi connectivity index (χ1n) is 7.24. The Balaban J connectivity index is 1.96. The maximum Gasteiger partial charge on any atom is 0.157 e. The average molecular weight is 272 g/mol. The van der Waals surface area contributed by atoms with Crippen molar-refractivity contribution in [2.75, 3.05) is 0 Å². The third kappa shape index (κ3) is 2.26. The average Bonchev–Trinajstić information content (AvgIpc) is 2.70. The minimum absolute atomic E-state index is 0.0732. The molecule has 1 heterocycles. The van der Waals surface area contributed by atoms with Crippen LogP contribution in [0.1, 0.15) is 54.6 Å². The minimum atomic E-state index is -0.0817. The van der Waals surface area contributed by atoms with E-state index in [-0.39, 0.29) is 17.4 Å². The van der Waals surface area contributed by atoms with E-state index in [2.05, 4.69) is 17.1 Å². The third-order valence-electron chi connectivity index (χ3n) is 4.25. The van der Waals surface area contributed by atoms with Crippen molar-refractivity contribution in [3.63, 3.8) is 0 Å². The van der Waals surface area contributed by atoms with E-state index < -0.39 is 0 Å². The summed E-state index contributed by atoms with van der Waals surface area (Å²) in [5.41, 5.74) is 4.67. The number of nitrogens with one attached hydrogen (secondary N) is 1. The van der Waals surface area contributed by atoms with Crippen LogP contribution in [0.5, 0.6) is 11.5 Å². The highest BCUT2D eigenvalue weighted by Gasteiger charge is 2.21. The fourth-order valence-electron chi connectivity index (χ4n) is 3.01. The predicted molar refractivity (Wildman–Crippen MR) is 77.1 cm³/mol. The van der Waals surface area contributed by atoms with E-state index in [1.165, 1.54) is 36.6 Å². The van der Waals surface area contributed by atoms with E-state index in [0.29, 0.717) is 0 Å². The van der Waals surface area contributed by atoms with E-state index in [0.717, 1.165) is 24.1 Å². The molecule has 3 rings (SSSR count). The highest BCUT2D eigenvalue weighted by molar-refractivity contribution is 5.44. The molecule has 0 spiro atoms. The summed E-state index contributed by atoms with van der Waals surface area (Å²) in [5, 5.41) is 26.7. The van der Waals surface area contributed by atoms with Crippen molar-refractivity contribution in [3.8, 4) is 11.5 Å². The van der Waals surface area contributed by atoms with Gasteiger partial charge in [0.05, 0.1) is 5.69 Å². The fourth-order valence-corrected chi connectivity index (χ4v) is 3.01. The molecule has 4 heteroatoms. The van der Waals surface area contributed by atoms with Crippen molar-refractivity contribution in [2.45, 2.75) is 44.9 Å². The Labute approximate surface area is 118 Å². The molecule has 106 valence electrons. The molecular weight excluding hydrogens is 252 g/mol. The first-order chi connectivity index (χ1) is 9.66. The summed E-state index contributed by atoms with van der Waals surface area (Å²) in [5.74, 6) is -0.0441. The van der Waals surface area contributed by atoms with Gasteiger partial charge in [0.15, 0.2) is 11.5 Å². The van der Waals surface area contributed by atoms with E-state index in [1.807, 2.05) is 6.07 Å². The lowest BCUT2D eigenvalue weighted by Gasteiger charge is -2.12. The highest BCUT2D eigenvalue weighted by Crippen LogP contribution is 2.34. The molecule has 0 fully saturated rings. The second-order valence-corrected chi connectivity index (χ2v) is 5.60. The van der Waals surface area contributed by atoms with E-state index >= 15 is 0 Å². The molecule has 0 amide bonds. The van der Waals surface area contributed by atoms with Gasteiger partial charge in [0.1, 0.15) is 0 Å². The maximum atomic E-state index is 9.65. The zero-order valence-corrected chi connectivity index (χ0v) is 11.7. The Morgan fingerprint density at radius 2 is 1.90 bits per heavy atom. The van der Waals surface area contributed by atoms with Gasteiger partial charge in [0, 0.05) is 11.6 Å². The van der Waals surface area contributed by atoms with Crippen LogP contribution in [0.4, 0.5) is 0 Å². The summed E-state index contributed by atoms with van der Waals surface area (Å²) in [6, 6.07) is 5.00. The van der Waals surface area contributed by atoms with Crippen LogP contribution in [0.15, 0.2) is 18.2 Å². The number of fused-ring (bicyclic) bond motifs is 1. The molecule has 4 nitrogen and oxygen atoms in total. The number of aromatic hydroxyl groups is 2. The van der Waals surface area contributed by atoms with E-state index in [9.17, 15) is 10.2 Å². The van der Waals surface area contributed by atoms with Gasteiger partial charge in [-0.3, -0.25) is 5.10 Å². The summed E-state index contributed by atoms with van der Waals surface area (Å²) in [4.78, 5) is 0. The fraction of sp³-hybridized carbons (Fsp3) is 0.438. The molecule has 1 aliphatic carbocycles. The Morgan fingerprint density at radius 1 is 1.10 bits per heavy atom. The van der Waals surface area contributed by atoms with Crippen LogP contribution in [0.25, 0.3) is 0 Å². The smallest absolute Gasteiger partial charge is 0.157 e. The Morgan fingerprint density at radius 3 is 2.70 bits per heavy atom. The molecule has 3 N–H and O–H groups in total. The molecule has 20 heavy (non-hydrogen) atoms. The standard InChI is InChI=1S/C16H20N2O2/c1-10(11-7-8-14(19)15(20)9-11)16-12-5-3-2-4-6-13(12)17-18-16/h7-10,19-20H,2-6H2,1H3,(H,17,18). The van der Waals surface area contributed by atoms with Gasteiger partial charge in [0.25, 0.3) is 0 Å². The van der Waals surface area contributed by atoms with Gasteiger partial charge in [-0.25, -0.2) is 0 Å². The number of benzene rings is 1. The topological polar surface area (TPSA) is 69.1 Å². The molecule has 1 aliphatic rings. The van der Waals surface area contributed by atoms with Crippen LogP contribution < -0.4 is 0 Å². The first-order valence-corrected chi connectivity index (χ1v) is 7.24. The number of hydrogen-bond acceptors (Lipinski definition) is 3. The van der Waals surface area contributed by atoms with E-state index in [4.69, 9.17) is 0 Å².